The molecule has 0 saturated carbocycles. The number of piperidine rings is 1. The zero-order valence-electron chi connectivity index (χ0n) is 10.2. The molecule has 4 heteroatoms. The molecule has 0 atom stereocenters. The predicted molar refractivity (Wildman–Crippen MR) is 68.1 cm³/mol. The number of likely N-dealkylation sites (tertiary alicyclic amines) is 1. The molecule has 2 rings (SSSR count). The normalized spacial score (nSPS) is 20.3. The van der Waals surface area contributed by atoms with E-state index >= 15 is 0 Å². The topological polar surface area (TPSA) is 48.2 Å². The minimum atomic E-state index is 0.775. The molecule has 0 aromatic carbocycles. The van der Waals surface area contributed by atoms with Crippen molar-refractivity contribution in [2.45, 2.75) is 26.2 Å². The van der Waals surface area contributed by atoms with Gasteiger partial charge in [-0.05, 0) is 31.8 Å². The molecule has 0 aromatic heterocycles. The molecule has 0 aliphatic carbocycles. The molecule has 0 unspecified atom stereocenters. The lowest BCUT2D eigenvalue weighted by Gasteiger charge is -2.27. The Bertz CT molecular complexity index is 289. The van der Waals surface area contributed by atoms with Crippen molar-refractivity contribution < 1.29 is 5.11 Å². The maximum atomic E-state index is 7.00. The SMILES string of the molecule is CC1=CCN=C(N2CCCCC2)N=C1.CO. The van der Waals surface area contributed by atoms with Crippen LogP contribution in [0.5, 0.6) is 0 Å². The number of guanidine groups is 1. The summed E-state index contributed by atoms with van der Waals surface area (Å²) in [6, 6.07) is 0. The van der Waals surface area contributed by atoms with Gasteiger partial charge in [0.15, 0.2) is 0 Å². The molecule has 4 nitrogen and oxygen atoms in total. The fourth-order valence-corrected chi connectivity index (χ4v) is 1.80. The Labute approximate surface area is 97.4 Å². The van der Waals surface area contributed by atoms with Crippen molar-refractivity contribution in [3.63, 3.8) is 0 Å². The molecule has 2 heterocycles. The first-order valence-corrected chi connectivity index (χ1v) is 5.81. The lowest BCUT2D eigenvalue weighted by atomic mass is 10.1. The van der Waals surface area contributed by atoms with E-state index in [1.807, 2.05) is 6.21 Å². The second kappa shape index (κ2) is 7.17. The third-order valence-electron chi connectivity index (χ3n) is 2.67. The Morgan fingerprint density at radius 1 is 1.19 bits per heavy atom. The van der Waals surface area contributed by atoms with Gasteiger partial charge < -0.3 is 10.0 Å². The van der Waals surface area contributed by atoms with Gasteiger partial charge in [-0.25, -0.2) is 9.98 Å². The van der Waals surface area contributed by atoms with Crippen LogP contribution in [0, 0.1) is 0 Å². The van der Waals surface area contributed by atoms with Crippen molar-refractivity contribution in [2.24, 2.45) is 9.98 Å². The van der Waals surface area contributed by atoms with Crippen molar-refractivity contribution in [2.75, 3.05) is 26.7 Å². The Balaban J connectivity index is 0.000000606. The van der Waals surface area contributed by atoms with E-state index in [1.165, 1.54) is 24.8 Å². The van der Waals surface area contributed by atoms with Crippen LogP contribution in [0.3, 0.4) is 0 Å². The largest absolute Gasteiger partial charge is 0.400 e. The van der Waals surface area contributed by atoms with Crippen LogP contribution in [0.4, 0.5) is 0 Å². The molecular formula is C12H21N3O. The van der Waals surface area contributed by atoms with Crippen molar-refractivity contribution >= 4 is 12.2 Å². The zero-order valence-corrected chi connectivity index (χ0v) is 10.2. The maximum absolute atomic E-state index is 7.00. The van der Waals surface area contributed by atoms with E-state index in [4.69, 9.17) is 5.11 Å². The number of hydrogen-bond acceptors (Lipinski definition) is 4. The molecule has 90 valence electrons. The highest BCUT2D eigenvalue weighted by molar-refractivity contribution is 5.94. The van der Waals surface area contributed by atoms with E-state index in [-0.39, 0.29) is 0 Å². The van der Waals surface area contributed by atoms with Gasteiger partial charge in [0, 0.05) is 26.4 Å². The summed E-state index contributed by atoms with van der Waals surface area (Å²) in [4.78, 5) is 11.2. The van der Waals surface area contributed by atoms with E-state index in [0.29, 0.717) is 0 Å². The number of allylic oxidation sites excluding steroid dienone is 1. The van der Waals surface area contributed by atoms with Gasteiger partial charge in [0.2, 0.25) is 5.96 Å². The standard InChI is InChI=1S/C11H17N3.CH4O/c1-10-5-6-12-11(13-9-10)14-7-3-2-4-8-14;1-2/h5,9H,2-4,6-8H2,1H3;2H,1H3. The summed E-state index contributed by atoms with van der Waals surface area (Å²) < 4.78 is 0. The summed E-state index contributed by atoms with van der Waals surface area (Å²) in [5.74, 6) is 0.929. The highest BCUT2D eigenvalue weighted by Gasteiger charge is 2.13. The molecule has 16 heavy (non-hydrogen) atoms. The molecule has 0 radical (unpaired) electrons. The molecule has 2 aliphatic heterocycles. The van der Waals surface area contributed by atoms with Crippen molar-refractivity contribution in [1.82, 2.24) is 4.90 Å². The minimum Gasteiger partial charge on any atom is -0.400 e. The van der Waals surface area contributed by atoms with Gasteiger partial charge in [-0.1, -0.05) is 6.08 Å². The summed E-state index contributed by atoms with van der Waals surface area (Å²) in [6.45, 7) is 5.08. The molecular weight excluding hydrogens is 202 g/mol. The fourth-order valence-electron chi connectivity index (χ4n) is 1.80. The van der Waals surface area contributed by atoms with Gasteiger partial charge in [0.25, 0.3) is 0 Å². The summed E-state index contributed by atoms with van der Waals surface area (Å²) in [6.07, 6.45) is 7.94. The highest BCUT2D eigenvalue weighted by atomic mass is 16.2. The van der Waals surface area contributed by atoms with Crippen LogP contribution in [0.15, 0.2) is 21.6 Å². The van der Waals surface area contributed by atoms with Crippen LogP contribution in [-0.2, 0) is 0 Å². The lowest BCUT2D eigenvalue weighted by Crippen LogP contribution is -2.34. The zero-order chi connectivity index (χ0) is 11.8. The summed E-state index contributed by atoms with van der Waals surface area (Å²) in [7, 11) is 1.00. The van der Waals surface area contributed by atoms with E-state index in [1.54, 1.807) is 0 Å². The average molecular weight is 223 g/mol. The van der Waals surface area contributed by atoms with Gasteiger partial charge in [0.1, 0.15) is 0 Å². The number of aliphatic imine (C=N–C) groups is 2. The van der Waals surface area contributed by atoms with Gasteiger partial charge in [-0.2, -0.15) is 0 Å². The van der Waals surface area contributed by atoms with Gasteiger partial charge in [0.05, 0.1) is 6.54 Å². The Hall–Kier alpha value is -1.16. The number of hydrogen-bond donors (Lipinski definition) is 1. The minimum absolute atomic E-state index is 0.775. The number of aliphatic hydroxyl groups excluding tert-OH is 1. The molecule has 1 fully saturated rings. The lowest BCUT2D eigenvalue weighted by molar-refractivity contribution is 0.339. The molecule has 0 spiro atoms. The predicted octanol–water partition coefficient (Wildman–Crippen LogP) is 1.47. The quantitative estimate of drug-likeness (QED) is 0.676. The summed E-state index contributed by atoms with van der Waals surface area (Å²) >= 11 is 0. The van der Waals surface area contributed by atoms with Gasteiger partial charge in [-0.15, -0.1) is 0 Å². The van der Waals surface area contributed by atoms with E-state index < -0.39 is 0 Å². The molecule has 1 N–H and O–H groups in total. The Morgan fingerprint density at radius 3 is 2.56 bits per heavy atom. The van der Waals surface area contributed by atoms with Crippen molar-refractivity contribution in [1.29, 1.82) is 0 Å². The first-order valence-electron chi connectivity index (χ1n) is 5.81. The van der Waals surface area contributed by atoms with E-state index in [0.717, 1.165) is 32.7 Å². The van der Waals surface area contributed by atoms with Crippen LogP contribution < -0.4 is 0 Å². The Morgan fingerprint density at radius 2 is 1.88 bits per heavy atom. The van der Waals surface area contributed by atoms with E-state index in [9.17, 15) is 0 Å². The smallest absolute Gasteiger partial charge is 0.220 e. The van der Waals surface area contributed by atoms with Gasteiger partial charge >= 0.3 is 0 Å². The first kappa shape index (κ1) is 12.9. The van der Waals surface area contributed by atoms with Crippen molar-refractivity contribution in [3.05, 3.63) is 11.6 Å². The Kier molecular flexibility index (Phi) is 5.78. The molecule has 2 aliphatic rings. The first-order chi connectivity index (χ1) is 7.86. The summed E-state index contributed by atoms with van der Waals surface area (Å²) in [5.41, 5.74) is 1.21. The second-order valence-corrected chi connectivity index (χ2v) is 3.89. The maximum Gasteiger partial charge on any atom is 0.220 e. The van der Waals surface area contributed by atoms with Crippen LogP contribution >= 0.6 is 0 Å². The molecule has 0 amide bonds. The molecule has 1 saturated heterocycles. The van der Waals surface area contributed by atoms with Crippen LogP contribution in [0.1, 0.15) is 26.2 Å². The second-order valence-electron chi connectivity index (χ2n) is 3.89. The number of aliphatic hydroxyl groups is 1. The average Bonchev–Trinajstić information content (AvgIpc) is 2.58. The van der Waals surface area contributed by atoms with Crippen molar-refractivity contribution in [3.8, 4) is 0 Å². The van der Waals surface area contributed by atoms with Gasteiger partial charge in [-0.3, -0.25) is 0 Å². The summed E-state index contributed by atoms with van der Waals surface area (Å²) in [5, 5.41) is 7.00. The fraction of sp³-hybridized carbons (Fsp3) is 0.667. The van der Waals surface area contributed by atoms with Crippen LogP contribution in [-0.4, -0.2) is 48.9 Å². The van der Waals surface area contributed by atoms with Crippen LogP contribution in [0.2, 0.25) is 0 Å². The van der Waals surface area contributed by atoms with E-state index in [2.05, 4.69) is 27.9 Å². The third-order valence-corrected chi connectivity index (χ3v) is 2.67. The molecule has 0 bridgehead atoms. The number of nitrogens with zero attached hydrogens (tertiary/aromatic N) is 3. The van der Waals surface area contributed by atoms with Crippen LogP contribution in [0.25, 0.3) is 0 Å². The highest BCUT2D eigenvalue weighted by Crippen LogP contribution is 2.11. The molecule has 0 aromatic rings. The monoisotopic (exact) mass is 223 g/mol. The number of rotatable bonds is 0. The third kappa shape index (κ3) is 3.77.